The molecule has 3 spiro atoms. The summed E-state index contributed by atoms with van der Waals surface area (Å²) in [6, 6.07) is 33.1. The van der Waals surface area contributed by atoms with Crippen molar-refractivity contribution in [2.75, 3.05) is 73.4 Å². The second-order valence-electron chi connectivity index (χ2n) is 32.8. The molecule has 9 heterocycles. The van der Waals surface area contributed by atoms with E-state index in [4.69, 9.17) is 48.9 Å². The first kappa shape index (κ1) is 84.6. The average molecular weight is 1610 g/mol. The molecule has 6 aliphatic rings. The van der Waals surface area contributed by atoms with E-state index in [0.717, 1.165) is 36.1 Å². The predicted molar refractivity (Wildman–Crippen MR) is 427 cm³/mol. The van der Waals surface area contributed by atoms with Crippen molar-refractivity contribution < 1.29 is 89.9 Å². The van der Waals surface area contributed by atoms with Gasteiger partial charge in [-0.15, -0.1) is 0 Å². The van der Waals surface area contributed by atoms with Crippen molar-refractivity contribution in [2.45, 2.75) is 176 Å². The lowest BCUT2D eigenvalue weighted by atomic mass is 9.80. The zero-order chi connectivity index (χ0) is 82.4. The van der Waals surface area contributed by atoms with Gasteiger partial charge >= 0.3 is 0 Å². The van der Waals surface area contributed by atoms with Gasteiger partial charge in [-0.3, -0.25) is 9.59 Å². The molecule has 0 amide bonds. The van der Waals surface area contributed by atoms with Gasteiger partial charge in [0.15, 0.2) is 51.8 Å². The minimum Gasteiger partial charge on any atom is -0.493 e. The number of halogens is 3. The number of hydrogen-bond donors (Lipinski definition) is 7. The van der Waals surface area contributed by atoms with Gasteiger partial charge < -0.3 is 69.7 Å². The number of aliphatic hydroxyl groups excluding tert-OH is 2. The van der Waals surface area contributed by atoms with E-state index < -0.39 is 71.6 Å². The lowest BCUT2D eigenvalue weighted by Crippen LogP contribution is -2.61. The third-order valence-corrected chi connectivity index (χ3v) is 25.7. The summed E-state index contributed by atoms with van der Waals surface area (Å²) in [4.78, 5) is 40.6. The highest BCUT2D eigenvalue weighted by molar-refractivity contribution is 7.84. The van der Waals surface area contributed by atoms with Crippen LogP contribution in [0.15, 0.2) is 127 Å². The molecule has 6 aliphatic heterocycles. The number of carbonyl (C=O) groups is 2. The molecule has 23 nitrogen and oxygen atoms in total. The first-order valence-corrected chi connectivity index (χ1v) is 40.4. The highest BCUT2D eigenvalue weighted by atomic mass is 32.2. The summed E-state index contributed by atoms with van der Waals surface area (Å²) in [5, 5.41) is 56.7. The number of hydrogen-bond acceptors (Lipinski definition) is 21. The number of benzene rings is 5. The molecule has 8 N–H and O–H groups in total. The number of pyridine rings is 3. The number of carbonyl (C=O) groups excluding carboxylic acids is 2. The third-order valence-electron chi connectivity index (χ3n) is 21.7. The van der Waals surface area contributed by atoms with E-state index in [0.29, 0.717) is 135 Å². The number of aliphatic hydroxyl groups is 5. The fourth-order valence-corrected chi connectivity index (χ4v) is 17.5. The van der Waals surface area contributed by atoms with Gasteiger partial charge in [-0.1, -0.05) is 0 Å². The molecule has 14 rings (SSSR count). The molecule has 10 atom stereocenters. The van der Waals surface area contributed by atoms with Crippen LogP contribution in [0.3, 0.4) is 0 Å². The van der Waals surface area contributed by atoms with E-state index in [-0.39, 0.29) is 86.6 Å². The fraction of sp³-hybridized carbons (Fsp3) is 0.453. The second kappa shape index (κ2) is 33.1. The molecule has 610 valence electrons. The minimum atomic E-state index is -1.52. The van der Waals surface area contributed by atoms with Gasteiger partial charge in [-0.2, -0.15) is 0 Å². The highest BCUT2D eigenvalue weighted by Crippen LogP contribution is 2.57. The summed E-state index contributed by atoms with van der Waals surface area (Å²) in [7, 11) is 0.424. The summed E-state index contributed by atoms with van der Waals surface area (Å²) >= 11 is 0. The normalized spacial score (nSPS) is 21.2. The molecule has 5 aromatic carbocycles. The van der Waals surface area contributed by atoms with Gasteiger partial charge in [-0.05, 0) is 242 Å². The number of ether oxygens (including phenoxy) is 7. The first-order chi connectivity index (χ1) is 53.8. The van der Waals surface area contributed by atoms with E-state index in [9.17, 15) is 56.7 Å². The Balaban J connectivity index is 0.000000161. The molecule has 28 heteroatoms. The monoisotopic (exact) mass is 1610 g/mol. The number of methoxy groups -OCH3 is 2. The van der Waals surface area contributed by atoms with Gasteiger partial charge in [0, 0.05) is 77.0 Å². The Hall–Kier alpha value is -8.78. The van der Waals surface area contributed by atoms with Crippen molar-refractivity contribution in [3.05, 3.63) is 190 Å². The van der Waals surface area contributed by atoms with Gasteiger partial charge in [0.2, 0.25) is 0 Å². The quantitative estimate of drug-likeness (QED) is 0.0261. The molecule has 3 saturated heterocycles. The maximum atomic E-state index is 13.9. The molecule has 0 aliphatic carbocycles. The number of nitrogens with zero attached hydrogens (tertiary/aromatic N) is 5. The highest BCUT2D eigenvalue weighted by Gasteiger charge is 2.59. The Morgan fingerprint density at radius 1 is 0.518 bits per heavy atom. The van der Waals surface area contributed by atoms with Gasteiger partial charge in [0.05, 0.1) is 69.6 Å². The van der Waals surface area contributed by atoms with Gasteiger partial charge in [0.1, 0.15) is 106 Å². The molecule has 8 unspecified atom stereocenters. The van der Waals surface area contributed by atoms with Crippen molar-refractivity contribution in [3.8, 4) is 74.0 Å². The zero-order valence-corrected chi connectivity index (χ0v) is 68.2. The molecular weight excluding hydrogens is 1510 g/mol. The van der Waals surface area contributed by atoms with Crippen LogP contribution >= 0.6 is 0 Å². The fourth-order valence-electron chi connectivity index (χ4n) is 14.5. The topological polar surface area (TPSA) is 317 Å². The number of ketones is 2. The zero-order valence-electron chi connectivity index (χ0n) is 66.6. The van der Waals surface area contributed by atoms with Crippen molar-refractivity contribution in [1.29, 1.82) is 0 Å². The third kappa shape index (κ3) is 17.2. The molecule has 8 aromatic rings. The summed E-state index contributed by atoms with van der Waals surface area (Å²) in [6.07, 6.45) is 1.36. The van der Waals surface area contributed by atoms with Crippen molar-refractivity contribution >= 4 is 33.5 Å². The standard InChI is InChI=1S/C34H41FN2O7S.C30H33FN2O6.C22H28FN3O3S/c1-21(38)19-43-27-12-9-23(17-28(27)42-6)26(39)13-14-33(5,40)29-18-25-31(30(36-29)22-7-10-24(35)11-8-22)44-20-34(25)15-16-37(34)45(41)32(2,3)4;1-18(34)16-38-24-9-6-20(14-25(24)37-3)23(35)10-11-29(2,36)26-15-22-28(39-17-30(22)12-13-32-30)27(33-26)19-4-7-21(31)8-5-19;1-20(2,3)30(28)26-10-9-22(26)13-29-19-16(22)11-17(21(4,27)12-24)25-18(19)14-5-7-15(23)8-6-14/h7-12,17-18,21,38,40H,13-16,19-20H2,1-6H3;4-9,14-15,18,32,34,36H,10-13,16-17H2,1-3H3;5-8,11,27H,9-10,12-13,24H2,1-4H3/t21-,33?,34?,45?;18-,29?,30?;/m11./s1. The molecule has 3 fully saturated rings. The number of aromatic nitrogens is 3. The van der Waals surface area contributed by atoms with Crippen LogP contribution in [0.1, 0.15) is 176 Å². The maximum absolute atomic E-state index is 13.9. The molecule has 0 bridgehead atoms. The molecule has 114 heavy (non-hydrogen) atoms. The minimum absolute atomic E-state index is 0.00681. The van der Waals surface area contributed by atoms with Crippen LogP contribution in [0.5, 0.6) is 40.2 Å². The van der Waals surface area contributed by atoms with Crippen LogP contribution in [0.25, 0.3) is 33.8 Å². The summed E-state index contributed by atoms with van der Waals surface area (Å²) < 4.78 is 111. The number of nitrogens with one attached hydrogen (secondary N) is 1. The lowest BCUT2D eigenvalue weighted by Gasteiger charge is -2.50. The van der Waals surface area contributed by atoms with E-state index in [1.54, 1.807) is 107 Å². The van der Waals surface area contributed by atoms with Crippen LogP contribution in [-0.2, 0) is 55.4 Å². The van der Waals surface area contributed by atoms with Gasteiger partial charge in [0.25, 0.3) is 0 Å². The maximum Gasteiger partial charge on any atom is 0.163 e. The average Bonchev–Trinajstić information content (AvgIpc) is 1.58. The Bertz CT molecular complexity index is 4940. The Kier molecular flexibility index (Phi) is 24.6. The number of fused-ring (bicyclic) bond motifs is 6. The van der Waals surface area contributed by atoms with Crippen LogP contribution in [0.4, 0.5) is 13.2 Å². The number of nitrogens with two attached hydrogens (primary N) is 1. The van der Waals surface area contributed by atoms with Crippen LogP contribution in [-0.4, -0.2) is 164 Å². The first-order valence-electron chi connectivity index (χ1n) is 38.2. The van der Waals surface area contributed by atoms with E-state index in [1.807, 2.05) is 68.4 Å². The molecular formula is C86H102F3N7O16S2. The largest absolute Gasteiger partial charge is 0.493 e. The Labute approximate surface area is 667 Å². The van der Waals surface area contributed by atoms with Gasteiger partial charge in [-0.25, -0.2) is 45.2 Å². The van der Waals surface area contributed by atoms with E-state index in [1.165, 1.54) is 50.6 Å². The van der Waals surface area contributed by atoms with Crippen LogP contribution in [0, 0.1) is 17.5 Å². The van der Waals surface area contributed by atoms with Crippen molar-refractivity contribution in [2.24, 2.45) is 5.73 Å². The summed E-state index contributed by atoms with van der Waals surface area (Å²) in [5.41, 5.74) is 8.05. The molecule has 3 aromatic heterocycles. The van der Waals surface area contributed by atoms with Crippen molar-refractivity contribution in [1.82, 2.24) is 28.9 Å². The SMILES string of the molecule is CC(O)(CN)c1cc2c(c(-c3ccc(F)cc3)n1)OCC21CCN1S(=O)C(C)(C)C.COc1cc(C(=O)CCC(C)(O)c2cc3c(c(-c4ccc(F)cc4)n2)OCC32CCN2)ccc1OC[C@@H](C)O.COc1cc(C(=O)CCC(C)(O)c2cc3c(c(-c4ccc(F)cc4)n2)OCC32CCN2S(=O)C(C)(C)C)ccc1OC[C@@H](C)O. The molecule has 0 saturated carbocycles. The Morgan fingerprint density at radius 2 is 0.860 bits per heavy atom. The van der Waals surface area contributed by atoms with Crippen molar-refractivity contribution in [3.63, 3.8) is 0 Å². The lowest BCUT2D eigenvalue weighted by molar-refractivity contribution is 0.0379. The Morgan fingerprint density at radius 3 is 1.17 bits per heavy atom. The van der Waals surface area contributed by atoms with E-state index >= 15 is 0 Å². The molecule has 0 radical (unpaired) electrons. The van der Waals surface area contributed by atoms with Crippen LogP contribution in [0.2, 0.25) is 0 Å². The smallest absolute Gasteiger partial charge is 0.163 e. The van der Waals surface area contributed by atoms with E-state index in [2.05, 4.69) is 10.3 Å². The second-order valence-corrected chi connectivity index (χ2v) is 37.1. The summed E-state index contributed by atoms with van der Waals surface area (Å²) in [5.74, 6) is 1.87. The van der Waals surface area contributed by atoms with Crippen LogP contribution < -0.4 is 44.2 Å². The number of rotatable bonds is 25. The predicted octanol–water partition coefficient (Wildman–Crippen LogP) is 12.2. The number of Topliss-reactive ketones (excluding diaryl/α,β-unsaturated/α-hetero) is 2. The summed E-state index contributed by atoms with van der Waals surface area (Å²) in [6.45, 7) is 23.2.